The zero-order valence-corrected chi connectivity index (χ0v) is 48.4. The molecule has 0 aliphatic rings. The third-order valence-corrected chi connectivity index (χ3v) is 13.7. The van der Waals surface area contributed by atoms with E-state index in [4.69, 9.17) is 14.2 Å². The highest BCUT2D eigenvalue weighted by molar-refractivity contribution is 5.71. The fraction of sp³-hybridized carbons (Fsp3) is 0.776. The number of ether oxygens (including phenoxy) is 3. The van der Waals surface area contributed by atoms with Crippen molar-refractivity contribution >= 4 is 17.9 Å². The molecule has 0 N–H and O–H groups in total. The largest absolute Gasteiger partial charge is 0.462 e. The van der Waals surface area contributed by atoms with Gasteiger partial charge >= 0.3 is 17.9 Å². The maximum atomic E-state index is 12.9. The van der Waals surface area contributed by atoms with Crippen LogP contribution in [0.2, 0.25) is 0 Å². The van der Waals surface area contributed by atoms with Gasteiger partial charge in [0.2, 0.25) is 0 Å². The van der Waals surface area contributed by atoms with Crippen LogP contribution in [0.15, 0.2) is 72.9 Å². The van der Waals surface area contributed by atoms with E-state index in [-0.39, 0.29) is 31.1 Å². The molecule has 0 spiro atoms. The van der Waals surface area contributed by atoms with E-state index >= 15 is 0 Å². The Morgan fingerprint density at radius 2 is 0.534 bits per heavy atom. The molecule has 0 fully saturated rings. The fourth-order valence-electron chi connectivity index (χ4n) is 9.00. The number of hydrogen-bond acceptors (Lipinski definition) is 6. The van der Waals surface area contributed by atoms with Gasteiger partial charge in [-0.05, 0) is 89.9 Å². The molecule has 0 aliphatic carbocycles. The minimum absolute atomic E-state index is 0.0875. The molecular formula is C67H118O6. The Kier molecular flexibility index (Phi) is 58.7. The van der Waals surface area contributed by atoms with Crippen LogP contribution >= 0.6 is 0 Å². The average Bonchev–Trinajstić information content (AvgIpc) is 3.39. The van der Waals surface area contributed by atoms with E-state index in [0.717, 1.165) is 116 Å². The van der Waals surface area contributed by atoms with Gasteiger partial charge in [-0.3, -0.25) is 14.4 Å². The molecule has 0 aromatic rings. The van der Waals surface area contributed by atoms with Crippen LogP contribution in [0.1, 0.15) is 316 Å². The lowest BCUT2D eigenvalue weighted by Gasteiger charge is -2.18. The standard InChI is InChI=1S/C67H118O6/c1-4-7-10-13-16-19-22-25-28-30-31-32-33-34-35-37-39-42-45-48-51-54-57-60-66(69)72-63-64(62-71-65(68)59-56-53-50-47-44-41-38-27-24-21-18-15-12-9-6-3)73-67(70)61-58-55-52-49-46-43-40-36-29-26-23-20-17-14-11-8-5-2/h8,11,17-18,20-21,26-27,29,38,40,43,64H,4-7,9-10,12-16,19,22-25,28,30-37,39,41-42,44-63H2,1-3H3/b11-8-,20-17-,21-18-,29-26-,38-27-,43-40-. The van der Waals surface area contributed by atoms with E-state index in [1.807, 2.05) is 0 Å². The topological polar surface area (TPSA) is 78.9 Å². The second-order valence-corrected chi connectivity index (χ2v) is 20.9. The normalized spacial score (nSPS) is 12.5. The molecule has 0 aromatic carbocycles. The first-order valence-corrected chi connectivity index (χ1v) is 31.4. The summed E-state index contributed by atoms with van der Waals surface area (Å²) in [7, 11) is 0. The third-order valence-electron chi connectivity index (χ3n) is 13.7. The molecule has 0 radical (unpaired) electrons. The third kappa shape index (κ3) is 59.6. The summed E-state index contributed by atoms with van der Waals surface area (Å²) >= 11 is 0. The second-order valence-electron chi connectivity index (χ2n) is 20.9. The minimum atomic E-state index is -0.794. The summed E-state index contributed by atoms with van der Waals surface area (Å²) < 4.78 is 16.9. The maximum Gasteiger partial charge on any atom is 0.306 e. The summed E-state index contributed by atoms with van der Waals surface area (Å²) in [5, 5.41) is 0. The highest BCUT2D eigenvalue weighted by Gasteiger charge is 2.19. The molecule has 0 heterocycles. The van der Waals surface area contributed by atoms with Crippen molar-refractivity contribution in [1.82, 2.24) is 0 Å². The summed E-state index contributed by atoms with van der Waals surface area (Å²) in [6.07, 6.45) is 79.1. The van der Waals surface area contributed by atoms with Crippen LogP contribution in [0.25, 0.3) is 0 Å². The van der Waals surface area contributed by atoms with Crippen molar-refractivity contribution in [3.8, 4) is 0 Å². The second kappa shape index (κ2) is 61.4. The quantitative estimate of drug-likeness (QED) is 0.0261. The van der Waals surface area contributed by atoms with Crippen LogP contribution in [0.4, 0.5) is 0 Å². The van der Waals surface area contributed by atoms with E-state index < -0.39 is 6.10 Å². The summed E-state index contributed by atoms with van der Waals surface area (Å²) in [6, 6.07) is 0. The first-order valence-electron chi connectivity index (χ1n) is 31.4. The number of unbranched alkanes of at least 4 members (excludes halogenated alkanes) is 34. The Morgan fingerprint density at radius 3 is 0.863 bits per heavy atom. The van der Waals surface area contributed by atoms with Crippen molar-refractivity contribution in [2.24, 2.45) is 0 Å². The predicted octanol–water partition coefficient (Wildman–Crippen LogP) is 21.3. The Hall–Kier alpha value is -3.15. The summed E-state index contributed by atoms with van der Waals surface area (Å²) in [5.41, 5.74) is 0. The smallest absolute Gasteiger partial charge is 0.306 e. The molecule has 6 nitrogen and oxygen atoms in total. The number of esters is 3. The highest BCUT2D eigenvalue weighted by Crippen LogP contribution is 2.17. The van der Waals surface area contributed by atoms with Gasteiger partial charge in [-0.2, -0.15) is 0 Å². The summed E-state index contributed by atoms with van der Waals surface area (Å²) in [4.78, 5) is 38.3. The SMILES string of the molecule is CC/C=C\C/C=C\C/C=C\C/C=C\CCCCCCC(=O)OC(COC(=O)CCCCCCC/C=C\C/C=C\CCCCC)COC(=O)CCCCCCCCCCCCCCCCCCCCCCCCC. The number of rotatable bonds is 57. The average molecular weight is 1020 g/mol. The van der Waals surface area contributed by atoms with Crippen molar-refractivity contribution in [3.05, 3.63) is 72.9 Å². The number of allylic oxidation sites excluding steroid dienone is 12. The molecule has 422 valence electrons. The van der Waals surface area contributed by atoms with Crippen LogP contribution in [0.3, 0.4) is 0 Å². The van der Waals surface area contributed by atoms with Crippen LogP contribution in [-0.2, 0) is 28.6 Å². The zero-order chi connectivity index (χ0) is 52.9. The zero-order valence-electron chi connectivity index (χ0n) is 48.4. The van der Waals surface area contributed by atoms with Crippen molar-refractivity contribution < 1.29 is 28.6 Å². The molecule has 0 aromatic heterocycles. The number of carbonyl (C=O) groups is 3. The minimum Gasteiger partial charge on any atom is -0.462 e. The molecule has 0 amide bonds. The highest BCUT2D eigenvalue weighted by atomic mass is 16.6. The van der Waals surface area contributed by atoms with Gasteiger partial charge in [-0.15, -0.1) is 0 Å². The monoisotopic (exact) mass is 1020 g/mol. The molecule has 1 unspecified atom stereocenters. The number of carbonyl (C=O) groups excluding carboxylic acids is 3. The Morgan fingerprint density at radius 1 is 0.288 bits per heavy atom. The lowest BCUT2D eigenvalue weighted by Crippen LogP contribution is -2.30. The van der Waals surface area contributed by atoms with Crippen molar-refractivity contribution in [2.45, 2.75) is 322 Å². The molecule has 73 heavy (non-hydrogen) atoms. The Labute approximate surface area is 453 Å². The summed E-state index contributed by atoms with van der Waals surface area (Å²) in [6.45, 7) is 6.51. The van der Waals surface area contributed by atoms with Gasteiger partial charge in [-0.25, -0.2) is 0 Å². The predicted molar refractivity (Wildman–Crippen MR) is 316 cm³/mol. The van der Waals surface area contributed by atoms with Crippen LogP contribution in [0.5, 0.6) is 0 Å². The molecule has 0 saturated carbocycles. The van der Waals surface area contributed by atoms with Gasteiger partial charge in [-0.1, -0.05) is 280 Å². The molecule has 6 heteroatoms. The molecule has 1 atom stereocenters. The van der Waals surface area contributed by atoms with Crippen LogP contribution in [-0.4, -0.2) is 37.2 Å². The Balaban J connectivity index is 4.35. The first-order chi connectivity index (χ1) is 36.0. The molecule has 0 saturated heterocycles. The molecule has 0 aliphatic heterocycles. The van der Waals surface area contributed by atoms with E-state index in [1.54, 1.807) is 0 Å². The van der Waals surface area contributed by atoms with Gasteiger partial charge in [0.25, 0.3) is 0 Å². The van der Waals surface area contributed by atoms with E-state index in [2.05, 4.69) is 93.7 Å². The van der Waals surface area contributed by atoms with Gasteiger partial charge in [0.15, 0.2) is 6.10 Å². The van der Waals surface area contributed by atoms with E-state index in [0.29, 0.717) is 19.3 Å². The van der Waals surface area contributed by atoms with Crippen LogP contribution < -0.4 is 0 Å². The van der Waals surface area contributed by atoms with Gasteiger partial charge in [0.1, 0.15) is 13.2 Å². The van der Waals surface area contributed by atoms with E-state index in [9.17, 15) is 14.4 Å². The summed E-state index contributed by atoms with van der Waals surface area (Å²) in [5.74, 6) is -0.912. The van der Waals surface area contributed by atoms with Gasteiger partial charge < -0.3 is 14.2 Å². The lowest BCUT2D eigenvalue weighted by atomic mass is 10.0. The van der Waals surface area contributed by atoms with Crippen molar-refractivity contribution in [2.75, 3.05) is 13.2 Å². The molecular weight excluding hydrogens is 901 g/mol. The van der Waals surface area contributed by atoms with Crippen molar-refractivity contribution in [3.63, 3.8) is 0 Å². The molecule has 0 bridgehead atoms. The van der Waals surface area contributed by atoms with Gasteiger partial charge in [0.05, 0.1) is 0 Å². The van der Waals surface area contributed by atoms with Crippen LogP contribution in [0, 0.1) is 0 Å². The number of hydrogen-bond donors (Lipinski definition) is 0. The fourth-order valence-corrected chi connectivity index (χ4v) is 9.00. The van der Waals surface area contributed by atoms with E-state index in [1.165, 1.54) is 161 Å². The lowest BCUT2D eigenvalue weighted by molar-refractivity contribution is -0.167. The maximum absolute atomic E-state index is 12.9. The first kappa shape index (κ1) is 69.8. The Bertz CT molecular complexity index is 1360. The van der Waals surface area contributed by atoms with Gasteiger partial charge in [0, 0.05) is 19.3 Å². The van der Waals surface area contributed by atoms with Crippen molar-refractivity contribution in [1.29, 1.82) is 0 Å². The molecule has 0 rings (SSSR count).